The topological polar surface area (TPSA) is 0 Å². The number of hydrogen-bond donors (Lipinski definition) is 0. The van der Waals surface area contributed by atoms with Crippen LogP contribution in [-0.4, -0.2) is 0 Å². The molecule has 0 aliphatic carbocycles. The molecule has 0 aromatic carbocycles. The van der Waals surface area contributed by atoms with Gasteiger partial charge in [-0.2, -0.15) is 0 Å². The van der Waals surface area contributed by atoms with Gasteiger partial charge in [0.05, 0.1) is 0 Å². The van der Waals surface area contributed by atoms with Gasteiger partial charge in [-0.3, -0.25) is 0 Å². The predicted octanol–water partition coefficient (Wildman–Crippen LogP) is 0.0713. The van der Waals surface area contributed by atoms with E-state index in [9.17, 15) is 0 Å². The van der Waals surface area contributed by atoms with E-state index in [-0.39, 0.29) is 80.9 Å². The molecule has 4 heteroatoms. The molecule has 0 fully saturated rings. The Balaban J connectivity index is 0. The van der Waals surface area contributed by atoms with Gasteiger partial charge in [0.2, 0.25) is 0 Å². The van der Waals surface area contributed by atoms with Crippen molar-refractivity contribution < 1.29 is 73.5 Å². The SMILES string of the molecule is [C].[Cr].[Mo].[Ni].[V]. The second-order valence-corrected chi connectivity index (χ2v) is 0. The summed E-state index contributed by atoms with van der Waals surface area (Å²) >= 11 is 0. The molecule has 0 N–H and O–H groups in total. The summed E-state index contributed by atoms with van der Waals surface area (Å²) in [6, 6.07) is 0. The van der Waals surface area contributed by atoms with Crippen LogP contribution in [0.3, 0.4) is 0 Å². The molecule has 0 unspecified atom stereocenters. The molecule has 0 bridgehead atoms. The first-order valence-corrected chi connectivity index (χ1v) is 0. The summed E-state index contributed by atoms with van der Waals surface area (Å²) in [4.78, 5) is 0. The summed E-state index contributed by atoms with van der Waals surface area (Å²) < 4.78 is 0. The second kappa shape index (κ2) is 33.5. The summed E-state index contributed by atoms with van der Waals surface area (Å²) in [5, 5.41) is 0. The van der Waals surface area contributed by atoms with Crippen LogP contribution in [0.1, 0.15) is 0 Å². The Hall–Kier alpha value is 2.30. The number of rotatable bonds is 0. The van der Waals surface area contributed by atoms with Crippen molar-refractivity contribution in [3.8, 4) is 0 Å². The van der Waals surface area contributed by atoms with E-state index in [1.165, 1.54) is 0 Å². The molecule has 5 radical (unpaired) electrons. The largest absolute Gasteiger partial charge is 0 e. The van der Waals surface area contributed by atoms with Gasteiger partial charge in [-0.1, -0.05) is 0 Å². The molecular formula is CCrMoNiV. The molecule has 0 aromatic heterocycles. The van der Waals surface area contributed by atoms with Crippen molar-refractivity contribution in [2.24, 2.45) is 0 Å². The molecular weight excluding hydrogens is 270 g/mol. The van der Waals surface area contributed by atoms with Crippen molar-refractivity contribution in [3.63, 3.8) is 0 Å². The zero-order chi connectivity index (χ0) is 0. The molecule has 0 aliphatic rings. The smallest absolute Gasteiger partial charge is 0 e. The maximum absolute atomic E-state index is 0. The molecule has 0 saturated heterocycles. The molecule has 0 atom stereocenters. The monoisotopic (exact) mass is 271 g/mol. The maximum atomic E-state index is 0. The molecule has 31 valence electrons. The van der Waals surface area contributed by atoms with Crippen LogP contribution in [0.5, 0.6) is 0 Å². The Morgan fingerprint density at radius 2 is 1.00 bits per heavy atom. The third kappa shape index (κ3) is 22.0. The zero-order valence-electron chi connectivity index (χ0n) is 2.08. The fraction of sp³-hybridized carbons (Fsp3) is 0. The first kappa shape index (κ1) is 54.8. The molecule has 0 nitrogen and oxygen atoms in total. The van der Waals surface area contributed by atoms with Crippen LogP contribution in [0.4, 0.5) is 0 Å². The normalized spacial score (nSPS) is 0. The molecule has 5 heavy (non-hydrogen) atoms. The second-order valence-electron chi connectivity index (χ2n) is 0. The predicted molar refractivity (Wildman–Crippen MR) is 3.24 cm³/mol. The molecule has 0 amide bonds. The molecule has 0 aliphatic heterocycles. The van der Waals surface area contributed by atoms with Gasteiger partial charge in [0.15, 0.2) is 0 Å². The minimum atomic E-state index is 0. The van der Waals surface area contributed by atoms with E-state index >= 15 is 0 Å². The molecule has 0 spiro atoms. The van der Waals surface area contributed by atoms with E-state index < -0.39 is 0 Å². The van der Waals surface area contributed by atoms with Crippen molar-refractivity contribution in [1.82, 2.24) is 0 Å². The summed E-state index contributed by atoms with van der Waals surface area (Å²) in [6.45, 7) is 0. The van der Waals surface area contributed by atoms with Crippen LogP contribution in [0, 0.1) is 7.43 Å². The maximum Gasteiger partial charge on any atom is 0 e. The Kier molecular flexibility index (Phi) is 367. The first-order valence-electron chi connectivity index (χ1n) is 0. The fourth-order valence-corrected chi connectivity index (χ4v) is 0. The van der Waals surface area contributed by atoms with E-state index in [1.807, 2.05) is 0 Å². The van der Waals surface area contributed by atoms with Crippen LogP contribution in [0.2, 0.25) is 0 Å². The van der Waals surface area contributed by atoms with Gasteiger partial charge in [0.25, 0.3) is 0 Å². The van der Waals surface area contributed by atoms with E-state index in [0.29, 0.717) is 0 Å². The standard InChI is InChI=1S/C.Cr.Mo.Ni.V. The van der Waals surface area contributed by atoms with Crippen molar-refractivity contribution in [3.05, 3.63) is 7.43 Å². The molecule has 0 heterocycles. The summed E-state index contributed by atoms with van der Waals surface area (Å²) in [7, 11) is 0. The van der Waals surface area contributed by atoms with Crippen LogP contribution in [0.25, 0.3) is 0 Å². The van der Waals surface area contributed by atoms with E-state index in [4.69, 9.17) is 0 Å². The third-order valence-corrected chi connectivity index (χ3v) is 0. The average Bonchev–Trinajstić information content (AvgIpc) is 0. The van der Waals surface area contributed by atoms with Gasteiger partial charge < -0.3 is 0 Å². The number of hydrogen-bond acceptors (Lipinski definition) is 0. The van der Waals surface area contributed by atoms with Crippen LogP contribution in [-0.2, 0) is 73.5 Å². The Labute approximate surface area is 80.1 Å². The van der Waals surface area contributed by atoms with Gasteiger partial charge in [0, 0.05) is 80.9 Å². The van der Waals surface area contributed by atoms with E-state index in [0.717, 1.165) is 0 Å². The summed E-state index contributed by atoms with van der Waals surface area (Å²) in [5.74, 6) is 0. The van der Waals surface area contributed by atoms with Crippen molar-refractivity contribution in [1.29, 1.82) is 0 Å². The first-order chi connectivity index (χ1) is 0. The summed E-state index contributed by atoms with van der Waals surface area (Å²) in [5.41, 5.74) is 0. The van der Waals surface area contributed by atoms with Crippen molar-refractivity contribution in [2.75, 3.05) is 0 Å². The molecule has 0 aromatic rings. The Morgan fingerprint density at radius 1 is 1.00 bits per heavy atom. The fourth-order valence-electron chi connectivity index (χ4n) is 0. The Bertz CT molecular complexity index is 11.6. The van der Waals surface area contributed by atoms with Crippen LogP contribution >= 0.6 is 0 Å². The van der Waals surface area contributed by atoms with Gasteiger partial charge in [-0.25, -0.2) is 0 Å². The van der Waals surface area contributed by atoms with Gasteiger partial charge >= 0.3 is 0 Å². The molecule has 0 saturated carbocycles. The van der Waals surface area contributed by atoms with Crippen LogP contribution in [0.15, 0.2) is 0 Å². The Morgan fingerprint density at radius 3 is 1.00 bits per heavy atom. The van der Waals surface area contributed by atoms with E-state index in [2.05, 4.69) is 0 Å². The van der Waals surface area contributed by atoms with Gasteiger partial charge in [-0.05, 0) is 0 Å². The zero-order valence-corrected chi connectivity index (χ0v) is 7.75. The van der Waals surface area contributed by atoms with Crippen molar-refractivity contribution in [2.45, 2.75) is 0 Å². The molecule has 0 rings (SSSR count). The minimum absolute atomic E-state index is 0. The van der Waals surface area contributed by atoms with E-state index in [1.54, 1.807) is 0 Å². The van der Waals surface area contributed by atoms with Crippen molar-refractivity contribution >= 4 is 0 Å². The third-order valence-electron chi connectivity index (χ3n) is 0. The quantitative estimate of drug-likeness (QED) is 0.546. The van der Waals surface area contributed by atoms with Crippen LogP contribution < -0.4 is 0 Å². The minimum Gasteiger partial charge on any atom is 0 e. The van der Waals surface area contributed by atoms with Gasteiger partial charge in [0.1, 0.15) is 0 Å². The average molecular weight is 270 g/mol. The van der Waals surface area contributed by atoms with Gasteiger partial charge in [-0.15, -0.1) is 0 Å². The summed E-state index contributed by atoms with van der Waals surface area (Å²) in [6.07, 6.45) is 0.